The predicted octanol–water partition coefficient (Wildman–Crippen LogP) is 2.93. The van der Waals surface area contributed by atoms with E-state index in [0.29, 0.717) is 5.02 Å². The number of benzene rings is 1. The van der Waals surface area contributed by atoms with Crippen LogP contribution in [-0.2, 0) is 16.0 Å². The number of nitrogens with one attached hydrogen (secondary N) is 3. The SMILES string of the molecule is C[C@H](NC(=O)Cc1c[nH]c2cc(Cl)ccc12)C(=O)NC1CCCC1. The Morgan fingerprint density at radius 1 is 1.33 bits per heavy atom. The predicted molar refractivity (Wildman–Crippen MR) is 95.0 cm³/mol. The normalized spacial score (nSPS) is 16.2. The lowest BCUT2D eigenvalue weighted by atomic mass is 10.1. The van der Waals surface area contributed by atoms with E-state index in [1.54, 1.807) is 13.0 Å². The summed E-state index contributed by atoms with van der Waals surface area (Å²) in [6.45, 7) is 1.72. The average Bonchev–Trinajstić information content (AvgIpc) is 3.17. The van der Waals surface area contributed by atoms with Crippen LogP contribution in [0.3, 0.4) is 0 Å². The summed E-state index contributed by atoms with van der Waals surface area (Å²) in [5, 5.41) is 7.40. The molecule has 3 N–H and O–H groups in total. The van der Waals surface area contributed by atoms with Gasteiger partial charge in [-0.05, 0) is 37.5 Å². The second kappa shape index (κ2) is 7.26. The van der Waals surface area contributed by atoms with Crippen LogP contribution in [0.2, 0.25) is 5.02 Å². The molecule has 1 heterocycles. The van der Waals surface area contributed by atoms with E-state index in [1.807, 2.05) is 18.3 Å². The molecular weight excluding hydrogens is 326 g/mol. The van der Waals surface area contributed by atoms with Crippen molar-refractivity contribution in [2.45, 2.75) is 51.1 Å². The molecule has 0 saturated heterocycles. The Morgan fingerprint density at radius 2 is 2.08 bits per heavy atom. The monoisotopic (exact) mass is 347 g/mol. The molecule has 2 amide bonds. The lowest BCUT2D eigenvalue weighted by Crippen LogP contribution is -2.47. The molecule has 128 valence electrons. The highest BCUT2D eigenvalue weighted by molar-refractivity contribution is 6.31. The second-order valence-corrected chi connectivity index (χ2v) is 6.90. The van der Waals surface area contributed by atoms with Gasteiger partial charge in [0.15, 0.2) is 0 Å². The minimum Gasteiger partial charge on any atom is -0.361 e. The minimum atomic E-state index is -0.530. The Labute approximate surface area is 146 Å². The van der Waals surface area contributed by atoms with Gasteiger partial charge in [-0.15, -0.1) is 0 Å². The van der Waals surface area contributed by atoms with Gasteiger partial charge in [0.2, 0.25) is 11.8 Å². The third-order valence-corrected chi connectivity index (χ3v) is 4.79. The quantitative estimate of drug-likeness (QED) is 0.778. The van der Waals surface area contributed by atoms with E-state index in [4.69, 9.17) is 11.6 Å². The van der Waals surface area contributed by atoms with Gasteiger partial charge in [-0.25, -0.2) is 0 Å². The van der Waals surface area contributed by atoms with Gasteiger partial charge in [0, 0.05) is 28.2 Å². The van der Waals surface area contributed by atoms with Gasteiger partial charge >= 0.3 is 0 Å². The molecule has 0 aliphatic heterocycles. The van der Waals surface area contributed by atoms with E-state index >= 15 is 0 Å². The van der Waals surface area contributed by atoms with Crippen LogP contribution in [0.25, 0.3) is 10.9 Å². The number of hydrogen-bond acceptors (Lipinski definition) is 2. The number of fused-ring (bicyclic) bond motifs is 1. The molecule has 0 spiro atoms. The molecule has 3 rings (SSSR count). The van der Waals surface area contributed by atoms with Crippen LogP contribution in [0.1, 0.15) is 38.2 Å². The first kappa shape index (κ1) is 16.8. The maximum absolute atomic E-state index is 12.2. The van der Waals surface area contributed by atoms with E-state index in [9.17, 15) is 9.59 Å². The first-order chi connectivity index (χ1) is 11.5. The number of carbonyl (C=O) groups excluding carboxylic acids is 2. The van der Waals surface area contributed by atoms with Crippen LogP contribution in [0.15, 0.2) is 24.4 Å². The zero-order chi connectivity index (χ0) is 17.1. The van der Waals surface area contributed by atoms with Crippen LogP contribution >= 0.6 is 11.6 Å². The summed E-state index contributed by atoms with van der Waals surface area (Å²) in [7, 11) is 0. The van der Waals surface area contributed by atoms with Crippen molar-refractivity contribution >= 4 is 34.3 Å². The van der Waals surface area contributed by atoms with Crippen molar-refractivity contribution in [1.82, 2.24) is 15.6 Å². The van der Waals surface area contributed by atoms with Gasteiger partial charge in [-0.1, -0.05) is 30.5 Å². The zero-order valence-corrected chi connectivity index (χ0v) is 14.5. The van der Waals surface area contributed by atoms with Crippen LogP contribution in [0.4, 0.5) is 0 Å². The molecule has 1 saturated carbocycles. The first-order valence-corrected chi connectivity index (χ1v) is 8.76. The number of amides is 2. The Morgan fingerprint density at radius 3 is 2.83 bits per heavy atom. The number of aromatic amines is 1. The lowest BCUT2D eigenvalue weighted by Gasteiger charge is -2.17. The molecule has 0 radical (unpaired) electrons. The first-order valence-electron chi connectivity index (χ1n) is 8.38. The van der Waals surface area contributed by atoms with Crippen LogP contribution in [0, 0.1) is 0 Å². The highest BCUT2D eigenvalue weighted by Gasteiger charge is 2.22. The van der Waals surface area contributed by atoms with E-state index in [2.05, 4.69) is 15.6 Å². The fourth-order valence-corrected chi connectivity index (χ4v) is 3.40. The van der Waals surface area contributed by atoms with Crippen LogP contribution < -0.4 is 10.6 Å². The Hall–Kier alpha value is -2.01. The average molecular weight is 348 g/mol. The molecule has 1 atom stereocenters. The lowest BCUT2D eigenvalue weighted by molar-refractivity contribution is -0.128. The zero-order valence-electron chi connectivity index (χ0n) is 13.7. The summed E-state index contributed by atoms with van der Waals surface area (Å²) in [5.74, 6) is -0.277. The molecule has 24 heavy (non-hydrogen) atoms. The van der Waals surface area contributed by atoms with Crippen molar-refractivity contribution in [1.29, 1.82) is 0 Å². The number of halogens is 1. The van der Waals surface area contributed by atoms with E-state index in [1.165, 1.54) is 0 Å². The molecule has 1 aliphatic rings. The Kier molecular flexibility index (Phi) is 5.09. The summed E-state index contributed by atoms with van der Waals surface area (Å²) in [6.07, 6.45) is 6.42. The smallest absolute Gasteiger partial charge is 0.242 e. The van der Waals surface area contributed by atoms with E-state index in [-0.39, 0.29) is 24.3 Å². The van der Waals surface area contributed by atoms with Gasteiger partial charge < -0.3 is 15.6 Å². The molecule has 1 aromatic carbocycles. The van der Waals surface area contributed by atoms with Gasteiger partial charge in [0.05, 0.1) is 6.42 Å². The largest absolute Gasteiger partial charge is 0.361 e. The number of H-pyrrole nitrogens is 1. The highest BCUT2D eigenvalue weighted by Crippen LogP contribution is 2.22. The topological polar surface area (TPSA) is 74.0 Å². The fourth-order valence-electron chi connectivity index (χ4n) is 3.23. The summed E-state index contributed by atoms with van der Waals surface area (Å²) < 4.78 is 0. The van der Waals surface area contributed by atoms with Gasteiger partial charge in [-0.2, -0.15) is 0 Å². The molecule has 6 heteroatoms. The van der Waals surface area contributed by atoms with Gasteiger partial charge in [-0.3, -0.25) is 9.59 Å². The number of carbonyl (C=O) groups is 2. The summed E-state index contributed by atoms with van der Waals surface area (Å²) in [6, 6.07) is 5.26. The van der Waals surface area contributed by atoms with Crippen molar-refractivity contribution in [3.63, 3.8) is 0 Å². The van der Waals surface area contributed by atoms with Crippen LogP contribution in [-0.4, -0.2) is 28.9 Å². The Balaban J connectivity index is 1.56. The third kappa shape index (κ3) is 3.90. The number of hydrogen-bond donors (Lipinski definition) is 3. The number of rotatable bonds is 5. The molecule has 1 aliphatic carbocycles. The van der Waals surface area contributed by atoms with Crippen molar-refractivity contribution < 1.29 is 9.59 Å². The molecule has 2 aromatic rings. The van der Waals surface area contributed by atoms with E-state index in [0.717, 1.165) is 42.1 Å². The second-order valence-electron chi connectivity index (χ2n) is 6.46. The fraction of sp³-hybridized carbons (Fsp3) is 0.444. The highest BCUT2D eigenvalue weighted by atomic mass is 35.5. The van der Waals surface area contributed by atoms with Crippen molar-refractivity contribution in [3.8, 4) is 0 Å². The number of aromatic nitrogens is 1. The maximum Gasteiger partial charge on any atom is 0.242 e. The molecule has 5 nitrogen and oxygen atoms in total. The summed E-state index contributed by atoms with van der Waals surface area (Å²) in [4.78, 5) is 27.5. The summed E-state index contributed by atoms with van der Waals surface area (Å²) in [5.41, 5.74) is 1.79. The standard InChI is InChI=1S/C18H22ClN3O2/c1-11(18(24)22-14-4-2-3-5-14)21-17(23)8-12-10-20-16-9-13(19)6-7-15(12)16/h6-7,9-11,14,20H,2-5,8H2,1H3,(H,21,23)(H,22,24)/t11-/m0/s1. The van der Waals surface area contributed by atoms with Gasteiger partial charge in [0.1, 0.15) is 6.04 Å². The molecule has 0 unspecified atom stereocenters. The molecular formula is C18H22ClN3O2. The van der Waals surface area contributed by atoms with Crippen LogP contribution in [0.5, 0.6) is 0 Å². The maximum atomic E-state index is 12.2. The molecule has 0 bridgehead atoms. The van der Waals surface area contributed by atoms with Crippen molar-refractivity contribution in [2.75, 3.05) is 0 Å². The van der Waals surface area contributed by atoms with Gasteiger partial charge in [0.25, 0.3) is 0 Å². The summed E-state index contributed by atoms with van der Waals surface area (Å²) >= 11 is 5.96. The third-order valence-electron chi connectivity index (χ3n) is 4.55. The van der Waals surface area contributed by atoms with Crippen molar-refractivity contribution in [3.05, 3.63) is 35.0 Å². The Bertz CT molecular complexity index is 750. The van der Waals surface area contributed by atoms with Crippen molar-refractivity contribution in [2.24, 2.45) is 0 Å². The van der Waals surface area contributed by atoms with E-state index < -0.39 is 6.04 Å². The minimum absolute atomic E-state index is 0.110. The molecule has 1 aromatic heterocycles. The molecule has 1 fully saturated rings.